The second-order valence-electron chi connectivity index (χ2n) is 5.89. The lowest BCUT2D eigenvalue weighted by Crippen LogP contribution is -2.30. The van der Waals surface area contributed by atoms with Crippen LogP contribution in [0.1, 0.15) is 28.6 Å². The second-order valence-corrected chi connectivity index (χ2v) is 7.69. The number of furan rings is 2. The number of alkyl halides is 3. The Morgan fingerprint density at radius 1 is 0.926 bits per heavy atom. The SMILES string of the molecule is O=S(=O)(Cc1ccc(C(F)(F)F)cc1)NCC(c1ccco1)c1ccco1. The Bertz CT molecular complexity index is 913. The molecule has 3 aromatic rings. The van der Waals surface area contributed by atoms with Gasteiger partial charge < -0.3 is 8.83 Å². The predicted molar refractivity (Wildman–Crippen MR) is 91.3 cm³/mol. The van der Waals surface area contributed by atoms with E-state index in [9.17, 15) is 21.6 Å². The smallest absolute Gasteiger partial charge is 0.416 e. The normalized spacial score (nSPS) is 12.6. The van der Waals surface area contributed by atoms with Crippen LogP contribution in [0.25, 0.3) is 0 Å². The summed E-state index contributed by atoms with van der Waals surface area (Å²) in [6.07, 6.45) is -1.51. The second kappa shape index (κ2) is 7.61. The molecule has 3 rings (SSSR count). The first kappa shape index (κ1) is 19.2. The molecule has 0 unspecified atom stereocenters. The number of hydrogen-bond donors (Lipinski definition) is 1. The summed E-state index contributed by atoms with van der Waals surface area (Å²) in [5, 5.41) is 0. The summed E-state index contributed by atoms with van der Waals surface area (Å²) in [5.41, 5.74) is -0.574. The van der Waals surface area contributed by atoms with Crippen LogP contribution in [0.15, 0.2) is 69.9 Å². The van der Waals surface area contributed by atoms with Crippen LogP contribution in [-0.2, 0) is 22.0 Å². The van der Waals surface area contributed by atoms with Crippen molar-refractivity contribution in [1.29, 1.82) is 0 Å². The molecule has 1 N–H and O–H groups in total. The zero-order valence-corrected chi connectivity index (χ0v) is 14.8. The van der Waals surface area contributed by atoms with Crippen molar-refractivity contribution >= 4 is 10.0 Å². The molecule has 0 bridgehead atoms. The zero-order valence-electron chi connectivity index (χ0n) is 13.9. The van der Waals surface area contributed by atoms with Crippen molar-refractivity contribution in [3.8, 4) is 0 Å². The molecule has 27 heavy (non-hydrogen) atoms. The lowest BCUT2D eigenvalue weighted by molar-refractivity contribution is -0.137. The van der Waals surface area contributed by atoms with Gasteiger partial charge in [0.1, 0.15) is 11.5 Å². The molecule has 0 aliphatic carbocycles. The largest absolute Gasteiger partial charge is 0.469 e. The van der Waals surface area contributed by atoms with E-state index in [1.807, 2.05) is 0 Å². The highest BCUT2D eigenvalue weighted by Crippen LogP contribution is 2.29. The summed E-state index contributed by atoms with van der Waals surface area (Å²) in [7, 11) is -3.77. The van der Waals surface area contributed by atoms with Gasteiger partial charge in [0.05, 0.1) is 29.8 Å². The van der Waals surface area contributed by atoms with Gasteiger partial charge in [-0.05, 0) is 42.0 Å². The average molecular weight is 399 g/mol. The molecule has 144 valence electrons. The van der Waals surface area contributed by atoms with E-state index in [4.69, 9.17) is 8.83 Å². The van der Waals surface area contributed by atoms with E-state index in [-0.39, 0.29) is 12.1 Å². The maximum Gasteiger partial charge on any atom is 0.416 e. The van der Waals surface area contributed by atoms with Gasteiger partial charge in [0.25, 0.3) is 0 Å². The Balaban J connectivity index is 1.68. The van der Waals surface area contributed by atoms with Crippen molar-refractivity contribution in [1.82, 2.24) is 4.72 Å². The Hall–Kier alpha value is -2.52. The lowest BCUT2D eigenvalue weighted by atomic mass is 10.0. The van der Waals surface area contributed by atoms with Crippen LogP contribution in [0.4, 0.5) is 13.2 Å². The highest BCUT2D eigenvalue weighted by atomic mass is 32.2. The summed E-state index contributed by atoms with van der Waals surface area (Å²) in [6, 6.07) is 10.8. The molecule has 0 atom stereocenters. The fraction of sp³-hybridized carbons (Fsp3) is 0.222. The molecule has 0 amide bonds. The molecule has 0 spiro atoms. The minimum atomic E-state index is -4.46. The minimum Gasteiger partial charge on any atom is -0.469 e. The summed E-state index contributed by atoms with van der Waals surface area (Å²) in [4.78, 5) is 0. The number of rotatable bonds is 7. The monoisotopic (exact) mass is 399 g/mol. The fourth-order valence-corrected chi connectivity index (χ4v) is 3.75. The third kappa shape index (κ3) is 5.01. The van der Waals surface area contributed by atoms with Gasteiger partial charge >= 0.3 is 6.18 Å². The Morgan fingerprint density at radius 3 is 1.93 bits per heavy atom. The topological polar surface area (TPSA) is 72.5 Å². The van der Waals surface area contributed by atoms with Gasteiger partial charge in [-0.2, -0.15) is 13.2 Å². The van der Waals surface area contributed by atoms with Crippen LogP contribution in [0.3, 0.4) is 0 Å². The quantitative estimate of drug-likeness (QED) is 0.648. The number of halogens is 3. The van der Waals surface area contributed by atoms with Crippen LogP contribution < -0.4 is 4.72 Å². The molecule has 0 aliphatic rings. The highest BCUT2D eigenvalue weighted by molar-refractivity contribution is 7.88. The van der Waals surface area contributed by atoms with E-state index in [1.54, 1.807) is 24.3 Å². The van der Waals surface area contributed by atoms with Crippen LogP contribution in [-0.4, -0.2) is 15.0 Å². The molecule has 5 nitrogen and oxygen atoms in total. The molecule has 2 aromatic heterocycles. The molecule has 9 heteroatoms. The number of nitrogens with one attached hydrogen (secondary N) is 1. The average Bonchev–Trinajstić information content (AvgIpc) is 3.28. The van der Waals surface area contributed by atoms with Gasteiger partial charge in [-0.1, -0.05) is 12.1 Å². The van der Waals surface area contributed by atoms with Crippen LogP contribution in [0.2, 0.25) is 0 Å². The van der Waals surface area contributed by atoms with Crippen molar-refractivity contribution < 1.29 is 30.4 Å². The van der Waals surface area contributed by atoms with Gasteiger partial charge in [-0.15, -0.1) is 0 Å². The molecular formula is C18H16F3NO4S. The van der Waals surface area contributed by atoms with Crippen molar-refractivity contribution in [2.75, 3.05) is 6.54 Å². The van der Waals surface area contributed by atoms with E-state index in [2.05, 4.69) is 4.72 Å². The molecule has 0 saturated carbocycles. The standard InChI is InChI=1S/C18H16F3NO4S/c19-18(20,21)14-7-5-13(6-8-14)12-27(23,24)22-11-15(16-3-1-9-25-16)17-4-2-10-26-17/h1-10,15,22H,11-12H2. The summed E-state index contributed by atoms with van der Waals surface area (Å²) < 4.78 is 75.6. The van der Waals surface area contributed by atoms with Crippen molar-refractivity contribution in [3.63, 3.8) is 0 Å². The molecule has 0 fully saturated rings. The number of sulfonamides is 1. The van der Waals surface area contributed by atoms with E-state index in [0.29, 0.717) is 11.5 Å². The fourth-order valence-electron chi connectivity index (χ4n) is 2.59. The molecule has 0 aliphatic heterocycles. The first-order valence-corrected chi connectivity index (χ1v) is 9.60. The lowest BCUT2D eigenvalue weighted by Gasteiger charge is -2.14. The molecule has 1 aromatic carbocycles. The van der Waals surface area contributed by atoms with Crippen LogP contribution in [0.5, 0.6) is 0 Å². The Morgan fingerprint density at radius 2 is 1.48 bits per heavy atom. The van der Waals surface area contributed by atoms with Crippen molar-refractivity contribution in [2.24, 2.45) is 0 Å². The highest BCUT2D eigenvalue weighted by Gasteiger charge is 2.30. The maximum absolute atomic E-state index is 12.6. The van der Waals surface area contributed by atoms with Crippen molar-refractivity contribution in [2.45, 2.75) is 17.8 Å². The molecule has 0 radical (unpaired) electrons. The van der Waals surface area contributed by atoms with Gasteiger partial charge in [0.15, 0.2) is 0 Å². The van der Waals surface area contributed by atoms with Crippen molar-refractivity contribution in [3.05, 3.63) is 83.7 Å². The van der Waals surface area contributed by atoms with E-state index >= 15 is 0 Å². The predicted octanol–water partition coefficient (Wildman–Crippen LogP) is 4.14. The number of benzene rings is 1. The number of hydrogen-bond acceptors (Lipinski definition) is 4. The molecular weight excluding hydrogens is 383 g/mol. The molecule has 2 heterocycles. The first-order chi connectivity index (χ1) is 12.7. The van der Waals surface area contributed by atoms with Gasteiger partial charge in [-0.3, -0.25) is 0 Å². The van der Waals surface area contributed by atoms with Crippen LogP contribution in [0, 0.1) is 0 Å². The van der Waals surface area contributed by atoms with Gasteiger partial charge in [-0.25, -0.2) is 13.1 Å². The van der Waals surface area contributed by atoms with E-state index < -0.39 is 33.4 Å². The van der Waals surface area contributed by atoms with E-state index in [0.717, 1.165) is 24.3 Å². The van der Waals surface area contributed by atoms with E-state index in [1.165, 1.54) is 12.5 Å². The minimum absolute atomic E-state index is 0.00993. The van der Waals surface area contributed by atoms with Crippen LogP contribution >= 0.6 is 0 Å². The third-order valence-electron chi connectivity index (χ3n) is 3.92. The first-order valence-electron chi connectivity index (χ1n) is 7.95. The van der Waals surface area contributed by atoms with Gasteiger partial charge in [0, 0.05) is 6.54 Å². The maximum atomic E-state index is 12.6. The van der Waals surface area contributed by atoms with Gasteiger partial charge in [0.2, 0.25) is 10.0 Å². The molecule has 0 saturated heterocycles. The Labute approximate surface area is 153 Å². The zero-order chi connectivity index (χ0) is 19.5. The third-order valence-corrected chi connectivity index (χ3v) is 5.24. The summed E-state index contributed by atoms with van der Waals surface area (Å²) >= 11 is 0. The summed E-state index contributed by atoms with van der Waals surface area (Å²) in [6.45, 7) is -0.00993. The summed E-state index contributed by atoms with van der Waals surface area (Å²) in [5.74, 6) is 0.162. The Kier molecular flexibility index (Phi) is 5.43.